The molecule has 0 heterocycles. The molecule has 10 nitrogen and oxygen atoms in total. The van der Waals surface area contributed by atoms with Crippen LogP contribution in [0.1, 0.15) is 27.2 Å². The summed E-state index contributed by atoms with van der Waals surface area (Å²) < 4.78 is 0. The Morgan fingerprint density at radius 2 is 1.41 bits per heavy atom. The molecule has 10 heteroatoms. The van der Waals surface area contributed by atoms with E-state index in [-0.39, 0.29) is 0 Å². The SMILES string of the molecule is CC(=O)N[C@@H](C)C(=O)N[C@@H](C)C(=O)N[C@@H](CC(=O)O)C(N)=O. The lowest BCUT2D eigenvalue weighted by Crippen LogP contribution is -2.55. The average Bonchev–Trinajstić information content (AvgIpc) is 2.35. The topological polar surface area (TPSA) is 168 Å². The zero-order valence-electron chi connectivity index (χ0n) is 12.5. The highest BCUT2D eigenvalue weighted by atomic mass is 16.4. The third kappa shape index (κ3) is 7.22. The maximum absolute atomic E-state index is 11.8. The first-order valence-corrected chi connectivity index (χ1v) is 6.43. The van der Waals surface area contributed by atoms with E-state index in [9.17, 15) is 24.0 Å². The molecule has 124 valence electrons. The van der Waals surface area contributed by atoms with Gasteiger partial charge in [-0.2, -0.15) is 0 Å². The Morgan fingerprint density at radius 3 is 1.82 bits per heavy atom. The molecular formula is C12H20N4O6. The van der Waals surface area contributed by atoms with Gasteiger partial charge in [-0.05, 0) is 13.8 Å². The fraction of sp³-hybridized carbons (Fsp3) is 0.583. The first-order valence-electron chi connectivity index (χ1n) is 6.43. The van der Waals surface area contributed by atoms with Crippen molar-refractivity contribution in [1.29, 1.82) is 0 Å². The number of nitrogens with one attached hydrogen (secondary N) is 3. The van der Waals surface area contributed by atoms with Crippen molar-refractivity contribution in [3.63, 3.8) is 0 Å². The van der Waals surface area contributed by atoms with E-state index < -0.39 is 54.1 Å². The van der Waals surface area contributed by atoms with Crippen molar-refractivity contribution in [1.82, 2.24) is 16.0 Å². The second-order valence-electron chi connectivity index (χ2n) is 4.71. The molecular weight excluding hydrogens is 296 g/mol. The van der Waals surface area contributed by atoms with Gasteiger partial charge < -0.3 is 26.8 Å². The van der Waals surface area contributed by atoms with Crippen LogP contribution in [0.25, 0.3) is 0 Å². The third-order valence-corrected chi connectivity index (χ3v) is 2.60. The van der Waals surface area contributed by atoms with Gasteiger partial charge in [0.05, 0.1) is 6.42 Å². The Hall–Kier alpha value is -2.65. The molecule has 0 aromatic heterocycles. The van der Waals surface area contributed by atoms with E-state index >= 15 is 0 Å². The van der Waals surface area contributed by atoms with Crippen molar-refractivity contribution in [3.05, 3.63) is 0 Å². The Balaban J connectivity index is 4.58. The zero-order valence-corrected chi connectivity index (χ0v) is 12.5. The minimum Gasteiger partial charge on any atom is -0.481 e. The highest BCUT2D eigenvalue weighted by Crippen LogP contribution is 1.94. The van der Waals surface area contributed by atoms with Gasteiger partial charge in [-0.25, -0.2) is 0 Å². The summed E-state index contributed by atoms with van der Waals surface area (Å²) in [6.07, 6.45) is -0.663. The number of rotatable bonds is 8. The minimum atomic E-state index is -1.38. The summed E-state index contributed by atoms with van der Waals surface area (Å²) in [5.41, 5.74) is 4.99. The molecule has 0 saturated heterocycles. The van der Waals surface area contributed by atoms with Crippen LogP contribution in [0.4, 0.5) is 0 Å². The number of nitrogens with two attached hydrogens (primary N) is 1. The minimum absolute atomic E-state index is 0.407. The van der Waals surface area contributed by atoms with Gasteiger partial charge in [-0.15, -0.1) is 0 Å². The molecule has 0 aromatic carbocycles. The number of carboxylic acid groups (broad SMARTS) is 1. The quantitative estimate of drug-likeness (QED) is 0.330. The van der Waals surface area contributed by atoms with Crippen LogP contribution in [0, 0.1) is 0 Å². The molecule has 6 N–H and O–H groups in total. The van der Waals surface area contributed by atoms with Gasteiger partial charge in [-0.3, -0.25) is 24.0 Å². The van der Waals surface area contributed by atoms with Gasteiger partial charge in [-0.1, -0.05) is 0 Å². The molecule has 0 radical (unpaired) electrons. The lowest BCUT2D eigenvalue weighted by atomic mass is 10.1. The number of amides is 4. The van der Waals surface area contributed by atoms with E-state index in [1.807, 2.05) is 0 Å². The van der Waals surface area contributed by atoms with Crippen molar-refractivity contribution < 1.29 is 29.1 Å². The number of hydrogen-bond acceptors (Lipinski definition) is 5. The average molecular weight is 316 g/mol. The smallest absolute Gasteiger partial charge is 0.305 e. The van der Waals surface area contributed by atoms with Crippen molar-refractivity contribution in [2.24, 2.45) is 5.73 Å². The summed E-state index contributed by atoms with van der Waals surface area (Å²) in [5.74, 6) is -4.09. The Labute approximate surface area is 126 Å². The van der Waals surface area contributed by atoms with Crippen molar-refractivity contribution in [2.45, 2.75) is 45.3 Å². The molecule has 0 aliphatic rings. The fourth-order valence-corrected chi connectivity index (χ4v) is 1.47. The second-order valence-corrected chi connectivity index (χ2v) is 4.71. The number of carbonyl (C=O) groups is 5. The molecule has 4 amide bonds. The van der Waals surface area contributed by atoms with E-state index in [0.29, 0.717) is 0 Å². The van der Waals surface area contributed by atoms with E-state index in [0.717, 1.165) is 0 Å². The van der Waals surface area contributed by atoms with Gasteiger partial charge in [0, 0.05) is 6.92 Å². The lowest BCUT2D eigenvalue weighted by Gasteiger charge is -2.20. The Morgan fingerprint density at radius 1 is 0.955 bits per heavy atom. The van der Waals surface area contributed by atoms with Crippen molar-refractivity contribution >= 4 is 29.6 Å². The molecule has 0 bridgehead atoms. The van der Waals surface area contributed by atoms with E-state index in [1.165, 1.54) is 20.8 Å². The van der Waals surface area contributed by atoms with Crippen molar-refractivity contribution in [3.8, 4) is 0 Å². The molecule has 0 aliphatic carbocycles. The number of hydrogen-bond donors (Lipinski definition) is 5. The molecule has 22 heavy (non-hydrogen) atoms. The standard InChI is InChI=1S/C12H20N4O6/c1-5(14-7(3)17)11(21)15-6(2)12(22)16-8(10(13)20)4-9(18)19/h5-6,8H,4H2,1-3H3,(H2,13,20)(H,14,17)(H,15,21)(H,16,22)(H,18,19)/t5-,6-,8-/m0/s1. The number of primary amides is 1. The summed E-state index contributed by atoms with van der Waals surface area (Å²) in [5, 5.41) is 15.4. The van der Waals surface area contributed by atoms with Crippen LogP contribution in [0.3, 0.4) is 0 Å². The predicted molar refractivity (Wildman–Crippen MR) is 74.3 cm³/mol. The zero-order chi connectivity index (χ0) is 17.4. The molecule has 0 aliphatic heterocycles. The summed E-state index contributed by atoms with van der Waals surface area (Å²) in [4.78, 5) is 55.9. The molecule has 0 rings (SSSR count). The van der Waals surface area contributed by atoms with Crippen LogP contribution in [0.5, 0.6) is 0 Å². The molecule has 0 unspecified atom stereocenters. The first kappa shape index (κ1) is 19.4. The first-order chi connectivity index (χ1) is 10.0. The summed E-state index contributed by atoms with van der Waals surface area (Å²) in [6, 6.07) is -3.27. The van der Waals surface area contributed by atoms with Crippen LogP contribution in [0.15, 0.2) is 0 Å². The summed E-state index contributed by atoms with van der Waals surface area (Å²) >= 11 is 0. The van der Waals surface area contributed by atoms with Crippen LogP contribution >= 0.6 is 0 Å². The van der Waals surface area contributed by atoms with Crippen molar-refractivity contribution in [2.75, 3.05) is 0 Å². The second kappa shape index (κ2) is 8.60. The lowest BCUT2D eigenvalue weighted by molar-refractivity contribution is -0.140. The Bertz CT molecular complexity index is 478. The highest BCUT2D eigenvalue weighted by molar-refractivity contribution is 5.94. The fourth-order valence-electron chi connectivity index (χ4n) is 1.47. The summed E-state index contributed by atoms with van der Waals surface area (Å²) in [6.45, 7) is 4.01. The maximum Gasteiger partial charge on any atom is 0.305 e. The monoisotopic (exact) mass is 316 g/mol. The summed E-state index contributed by atoms with van der Waals surface area (Å²) in [7, 11) is 0. The largest absolute Gasteiger partial charge is 0.481 e. The predicted octanol–water partition coefficient (Wildman–Crippen LogP) is -2.54. The van der Waals surface area contributed by atoms with Crippen LogP contribution in [-0.4, -0.2) is 52.8 Å². The molecule has 3 atom stereocenters. The van der Waals surface area contributed by atoms with E-state index in [4.69, 9.17) is 10.8 Å². The van der Waals surface area contributed by atoms with Gasteiger partial charge in [0.1, 0.15) is 18.1 Å². The maximum atomic E-state index is 11.8. The van der Waals surface area contributed by atoms with Crippen LogP contribution in [0.2, 0.25) is 0 Å². The highest BCUT2D eigenvalue weighted by Gasteiger charge is 2.25. The van der Waals surface area contributed by atoms with Crippen LogP contribution in [-0.2, 0) is 24.0 Å². The normalized spacial score (nSPS) is 14.1. The number of carbonyl (C=O) groups excluding carboxylic acids is 4. The Kier molecular flexibility index (Phi) is 7.56. The van der Waals surface area contributed by atoms with Gasteiger partial charge >= 0.3 is 5.97 Å². The van der Waals surface area contributed by atoms with Crippen LogP contribution < -0.4 is 21.7 Å². The van der Waals surface area contributed by atoms with Gasteiger partial charge in [0.25, 0.3) is 0 Å². The molecule has 0 spiro atoms. The third-order valence-electron chi connectivity index (χ3n) is 2.60. The van der Waals surface area contributed by atoms with Gasteiger partial charge in [0.2, 0.25) is 23.6 Å². The molecule has 0 aromatic rings. The molecule has 0 fully saturated rings. The molecule has 0 saturated carbocycles. The number of aliphatic carboxylic acids is 1. The van der Waals surface area contributed by atoms with E-state index in [1.54, 1.807) is 0 Å². The van der Waals surface area contributed by atoms with E-state index in [2.05, 4.69) is 16.0 Å². The van der Waals surface area contributed by atoms with Gasteiger partial charge in [0.15, 0.2) is 0 Å². The number of carboxylic acids is 1.